The number of rotatable bonds is 8. The minimum absolute atomic E-state index is 0.0184. The van der Waals surface area contributed by atoms with Gasteiger partial charge in [0.1, 0.15) is 0 Å². The first kappa shape index (κ1) is 23.4. The van der Waals surface area contributed by atoms with Crippen LogP contribution in [0.2, 0.25) is 0 Å². The number of nitrogens with one attached hydrogen (secondary N) is 1. The van der Waals surface area contributed by atoms with Gasteiger partial charge in [0.25, 0.3) is 0 Å². The van der Waals surface area contributed by atoms with E-state index in [2.05, 4.69) is 10.1 Å². The lowest BCUT2D eigenvalue weighted by Crippen LogP contribution is -2.38. The normalized spacial score (nSPS) is 12.4. The zero-order valence-electron chi connectivity index (χ0n) is 16.6. The Balaban J connectivity index is 2.02. The Labute approximate surface area is 173 Å². The highest BCUT2D eigenvalue weighted by Crippen LogP contribution is 2.29. The van der Waals surface area contributed by atoms with Crippen molar-refractivity contribution in [2.75, 3.05) is 14.2 Å². The van der Waals surface area contributed by atoms with E-state index in [0.717, 1.165) is 0 Å². The van der Waals surface area contributed by atoms with Crippen molar-refractivity contribution in [1.82, 2.24) is 10.2 Å². The van der Waals surface area contributed by atoms with E-state index in [-0.39, 0.29) is 29.0 Å². The maximum Gasteiger partial charge on any atom is 0.387 e. The monoisotopic (exact) mass is 443 g/mol. The third kappa shape index (κ3) is 6.29. The Morgan fingerprint density at radius 3 is 2.33 bits per heavy atom. The van der Waals surface area contributed by atoms with Crippen LogP contribution in [0.5, 0.6) is 11.5 Å². The van der Waals surface area contributed by atoms with Crippen molar-refractivity contribution in [2.24, 2.45) is 5.14 Å². The molecule has 164 valence electrons. The first-order valence-corrected chi connectivity index (χ1v) is 10.3. The van der Waals surface area contributed by atoms with Gasteiger partial charge in [0.15, 0.2) is 11.5 Å². The maximum absolute atomic E-state index is 12.5. The summed E-state index contributed by atoms with van der Waals surface area (Å²) in [5.41, 5.74) is 1.34. The molecule has 0 fully saturated rings. The molecule has 0 heterocycles. The van der Waals surface area contributed by atoms with Gasteiger partial charge in [0.05, 0.1) is 18.0 Å². The summed E-state index contributed by atoms with van der Waals surface area (Å²) >= 11 is 0. The van der Waals surface area contributed by atoms with Crippen molar-refractivity contribution in [3.05, 3.63) is 53.6 Å². The van der Waals surface area contributed by atoms with Crippen LogP contribution in [0.25, 0.3) is 0 Å². The minimum atomic E-state index is -3.79. The van der Waals surface area contributed by atoms with Gasteiger partial charge >= 0.3 is 12.6 Å². The minimum Gasteiger partial charge on any atom is -0.493 e. The predicted octanol–water partition coefficient (Wildman–Crippen LogP) is 2.85. The molecule has 0 aliphatic rings. The molecule has 0 spiro atoms. The fraction of sp³-hybridized carbons (Fsp3) is 0.316. The smallest absolute Gasteiger partial charge is 0.387 e. The van der Waals surface area contributed by atoms with Gasteiger partial charge in [-0.25, -0.2) is 18.4 Å². The zero-order chi connectivity index (χ0) is 22.5. The number of carbonyl (C=O) groups is 1. The number of nitrogens with two attached hydrogens (primary N) is 1. The van der Waals surface area contributed by atoms with Gasteiger partial charge < -0.3 is 19.7 Å². The number of hydrogen-bond donors (Lipinski definition) is 2. The van der Waals surface area contributed by atoms with Crippen molar-refractivity contribution in [3.63, 3.8) is 0 Å². The molecule has 2 aromatic carbocycles. The highest BCUT2D eigenvalue weighted by molar-refractivity contribution is 7.89. The molecule has 0 aliphatic heterocycles. The molecular formula is C19H23F2N3O5S. The van der Waals surface area contributed by atoms with Crippen LogP contribution in [0.3, 0.4) is 0 Å². The first-order chi connectivity index (χ1) is 14.0. The van der Waals surface area contributed by atoms with Crippen LogP contribution in [0, 0.1) is 0 Å². The number of urea groups is 1. The van der Waals surface area contributed by atoms with Gasteiger partial charge in [-0.2, -0.15) is 8.78 Å². The SMILES string of the molecule is COc1cc(CN(C)C(=O)N[C@@H](C)c2ccc(S(N)(=O)=O)cc2)ccc1OC(F)F. The summed E-state index contributed by atoms with van der Waals surface area (Å²) in [5, 5.41) is 7.86. The lowest BCUT2D eigenvalue weighted by Gasteiger charge is -2.22. The van der Waals surface area contributed by atoms with Crippen molar-refractivity contribution in [1.29, 1.82) is 0 Å². The largest absolute Gasteiger partial charge is 0.493 e. The molecule has 0 unspecified atom stereocenters. The zero-order valence-corrected chi connectivity index (χ0v) is 17.4. The van der Waals surface area contributed by atoms with Gasteiger partial charge in [-0.3, -0.25) is 0 Å². The Morgan fingerprint density at radius 1 is 1.17 bits per heavy atom. The maximum atomic E-state index is 12.5. The molecule has 11 heteroatoms. The average molecular weight is 443 g/mol. The quantitative estimate of drug-likeness (QED) is 0.652. The van der Waals surface area contributed by atoms with Gasteiger partial charge in [-0.05, 0) is 42.3 Å². The summed E-state index contributed by atoms with van der Waals surface area (Å²) < 4.78 is 56.9. The standard InChI is InChI=1S/C19H23F2N3O5S/c1-12(14-5-7-15(8-6-14)30(22,26)27)23-19(25)24(2)11-13-4-9-16(29-18(20)21)17(10-13)28-3/h4-10,12,18H,11H2,1-3H3,(H,23,25)(H2,22,26,27)/t12-/m0/s1. The molecule has 30 heavy (non-hydrogen) atoms. The molecule has 0 aliphatic carbocycles. The van der Waals surface area contributed by atoms with Gasteiger partial charge in [0, 0.05) is 13.6 Å². The van der Waals surface area contributed by atoms with E-state index in [4.69, 9.17) is 9.88 Å². The van der Waals surface area contributed by atoms with Crippen LogP contribution in [0.4, 0.5) is 13.6 Å². The molecule has 2 rings (SSSR count). The topological polar surface area (TPSA) is 111 Å². The average Bonchev–Trinajstić information content (AvgIpc) is 2.68. The summed E-state index contributed by atoms with van der Waals surface area (Å²) in [6, 6.07) is 9.50. The number of sulfonamides is 1. The molecule has 2 amide bonds. The summed E-state index contributed by atoms with van der Waals surface area (Å²) in [4.78, 5) is 13.9. The lowest BCUT2D eigenvalue weighted by atomic mass is 10.1. The fourth-order valence-corrected chi connectivity index (χ4v) is 3.19. The number of benzene rings is 2. The number of primary sulfonamides is 1. The number of amides is 2. The number of halogens is 2. The second-order valence-electron chi connectivity index (χ2n) is 6.51. The second kappa shape index (κ2) is 9.72. The number of hydrogen-bond acceptors (Lipinski definition) is 5. The summed E-state index contributed by atoms with van der Waals surface area (Å²) in [5.74, 6) is 0.0323. The third-order valence-corrected chi connectivity index (χ3v) is 5.19. The number of methoxy groups -OCH3 is 1. The molecule has 3 N–H and O–H groups in total. The van der Waals surface area contributed by atoms with E-state index in [1.807, 2.05) is 0 Å². The van der Waals surface area contributed by atoms with Crippen molar-refractivity contribution >= 4 is 16.1 Å². The Bertz CT molecular complexity index is 984. The number of ether oxygens (including phenoxy) is 2. The van der Waals surface area contributed by atoms with Crippen LogP contribution in [-0.4, -0.2) is 40.1 Å². The second-order valence-corrected chi connectivity index (χ2v) is 8.07. The van der Waals surface area contributed by atoms with E-state index < -0.39 is 22.7 Å². The third-order valence-electron chi connectivity index (χ3n) is 4.26. The highest BCUT2D eigenvalue weighted by atomic mass is 32.2. The van der Waals surface area contributed by atoms with Crippen LogP contribution in [-0.2, 0) is 16.6 Å². The summed E-state index contributed by atoms with van der Waals surface area (Å²) in [7, 11) is -0.887. The number of nitrogens with zero attached hydrogens (tertiary/aromatic N) is 1. The van der Waals surface area contributed by atoms with E-state index >= 15 is 0 Å². The highest BCUT2D eigenvalue weighted by Gasteiger charge is 2.16. The molecule has 0 radical (unpaired) electrons. The molecule has 1 atom stereocenters. The predicted molar refractivity (Wildman–Crippen MR) is 106 cm³/mol. The van der Waals surface area contributed by atoms with Crippen LogP contribution in [0.1, 0.15) is 24.1 Å². The molecule has 0 saturated carbocycles. The molecule has 0 bridgehead atoms. The van der Waals surface area contributed by atoms with Crippen molar-refractivity contribution < 1.29 is 31.5 Å². The molecule has 8 nitrogen and oxygen atoms in total. The van der Waals surface area contributed by atoms with Crippen LogP contribution >= 0.6 is 0 Å². The lowest BCUT2D eigenvalue weighted by molar-refractivity contribution is -0.0512. The summed E-state index contributed by atoms with van der Waals surface area (Å²) in [6.45, 7) is -1.04. The van der Waals surface area contributed by atoms with E-state index in [1.54, 1.807) is 32.2 Å². The van der Waals surface area contributed by atoms with E-state index in [9.17, 15) is 22.0 Å². The van der Waals surface area contributed by atoms with Crippen molar-refractivity contribution in [2.45, 2.75) is 31.0 Å². The Hall–Kier alpha value is -2.92. The van der Waals surface area contributed by atoms with Gasteiger partial charge in [-0.15, -0.1) is 0 Å². The fourth-order valence-electron chi connectivity index (χ4n) is 2.67. The van der Waals surface area contributed by atoms with E-state index in [1.165, 1.54) is 36.3 Å². The molecule has 0 aromatic heterocycles. The molecule has 2 aromatic rings. The number of carbonyl (C=O) groups excluding carboxylic acids is 1. The summed E-state index contributed by atoms with van der Waals surface area (Å²) in [6.07, 6.45) is 0. The van der Waals surface area contributed by atoms with Gasteiger partial charge in [0.2, 0.25) is 10.0 Å². The first-order valence-electron chi connectivity index (χ1n) is 8.77. The number of alkyl halides is 2. The van der Waals surface area contributed by atoms with E-state index in [0.29, 0.717) is 11.1 Å². The Morgan fingerprint density at radius 2 is 1.80 bits per heavy atom. The Kier molecular flexibility index (Phi) is 7.57. The van der Waals surface area contributed by atoms with Crippen LogP contribution in [0.15, 0.2) is 47.4 Å². The van der Waals surface area contributed by atoms with Crippen LogP contribution < -0.4 is 19.9 Å². The van der Waals surface area contributed by atoms with Gasteiger partial charge in [-0.1, -0.05) is 18.2 Å². The molecular weight excluding hydrogens is 420 g/mol. The molecule has 0 saturated heterocycles. The van der Waals surface area contributed by atoms with Crippen molar-refractivity contribution in [3.8, 4) is 11.5 Å².